The number of benzene rings is 3. The predicted octanol–water partition coefficient (Wildman–Crippen LogP) is 11.3. The fourth-order valence-electron chi connectivity index (χ4n) is 16.8. The molecule has 6 fully saturated rings. The molecule has 3 amide bonds. The van der Waals surface area contributed by atoms with Gasteiger partial charge in [0.2, 0.25) is 11.8 Å². The molecule has 6 aromatic rings. The van der Waals surface area contributed by atoms with Crippen LogP contribution in [0.25, 0.3) is 44.0 Å². The molecule has 12 rings (SSSR count). The van der Waals surface area contributed by atoms with E-state index >= 15 is 8.78 Å². The van der Waals surface area contributed by atoms with Crippen LogP contribution in [0.2, 0.25) is 16.6 Å². The molecule has 4 atom stereocenters. The van der Waals surface area contributed by atoms with Crippen LogP contribution in [0.3, 0.4) is 0 Å². The van der Waals surface area contributed by atoms with Crippen LogP contribution in [0, 0.1) is 17.6 Å². The van der Waals surface area contributed by atoms with Crippen LogP contribution < -0.4 is 25.1 Å². The Morgan fingerprint density at radius 2 is 1.60 bits per heavy atom. The van der Waals surface area contributed by atoms with Crippen LogP contribution in [0.15, 0.2) is 53.5 Å². The second-order valence-electron chi connectivity index (χ2n) is 27.9. The third-order valence-corrected chi connectivity index (χ3v) is 27.4. The molecule has 1 unspecified atom stereocenters. The Morgan fingerprint density at radius 1 is 0.854 bits per heavy atom. The fraction of sp³-hybridized carbons (Fsp3) is 0.603. The van der Waals surface area contributed by atoms with Crippen LogP contribution in [-0.4, -0.2) is 153 Å². The second-order valence-corrected chi connectivity index (χ2v) is 33.3. The third kappa shape index (κ3) is 11.8. The summed E-state index contributed by atoms with van der Waals surface area (Å²) in [5.41, 5.74) is 2.82. The minimum Gasteiger partial charge on any atom is -0.543 e. The van der Waals surface area contributed by atoms with Crippen LogP contribution in [0.5, 0.6) is 11.8 Å². The number of nitrogens with zero attached hydrogens (tertiary/aromatic N) is 9. The Balaban J connectivity index is 0.699. The summed E-state index contributed by atoms with van der Waals surface area (Å²) in [4.78, 5) is 75.2. The Hall–Kier alpha value is -6.55. The van der Waals surface area contributed by atoms with Gasteiger partial charge in [0.05, 0.1) is 27.6 Å². The number of aryl methyl sites for hydroxylation is 2. The fourth-order valence-corrected chi connectivity index (χ4v) is 22.0. The van der Waals surface area contributed by atoms with Crippen molar-refractivity contribution >= 4 is 64.8 Å². The molecular weight excluding hydrogens is 1150 g/mol. The molecule has 6 aliphatic rings. The van der Waals surface area contributed by atoms with Crippen molar-refractivity contribution in [1.29, 1.82) is 0 Å². The number of ether oxygens (including phenoxy) is 2. The van der Waals surface area contributed by atoms with Gasteiger partial charge in [-0.25, -0.2) is 18.4 Å². The minimum atomic E-state index is -2.49. The van der Waals surface area contributed by atoms with Crippen molar-refractivity contribution < 1.29 is 42.2 Å². The van der Waals surface area contributed by atoms with Crippen LogP contribution >= 0.6 is 0 Å². The number of fused-ring (bicyclic) bond motifs is 4. The van der Waals surface area contributed by atoms with Crippen molar-refractivity contribution in [2.24, 2.45) is 13.0 Å². The normalized spacial score (nSPS) is 23.7. The molecule has 0 bridgehead atoms. The summed E-state index contributed by atoms with van der Waals surface area (Å²) in [7, 11) is -0.751. The first-order chi connectivity index (χ1) is 42.6. The van der Waals surface area contributed by atoms with Gasteiger partial charge in [0.15, 0.2) is 5.82 Å². The largest absolute Gasteiger partial charge is 0.543 e. The molecule has 89 heavy (non-hydrogen) atoms. The summed E-state index contributed by atoms with van der Waals surface area (Å²) in [5.74, 6) is 0.0655. The van der Waals surface area contributed by atoms with Gasteiger partial charge in [-0.1, -0.05) is 60.6 Å². The summed E-state index contributed by atoms with van der Waals surface area (Å²) in [6.45, 7) is 23.5. The average Bonchev–Trinajstić information content (AvgIpc) is 1.71. The Bertz CT molecular complexity index is 3720. The van der Waals surface area contributed by atoms with Crippen molar-refractivity contribution in [3.8, 4) is 23.0 Å². The SMILES string of the molecule is CCc1c(F)ccc2cc(O[Si](C(C)C)(C(C)C)C(C)C)cc(-c3ncc4c(N5CCC[C@@](C)(O)C5)nc(OC[C@]56CCCN5[C@@H](COC(=O)N5CCC(CN7CCC(c8ccc9c(c8)n(C)c(=O)n9C8CCC(=O)NC8=O)CC7)CC5)CC6)nc4c3F)c12. The van der Waals surface area contributed by atoms with Gasteiger partial charge < -0.3 is 33.7 Å². The Morgan fingerprint density at radius 3 is 2.30 bits per heavy atom. The number of nitrogens with one attached hydrogen (secondary N) is 1. The van der Waals surface area contributed by atoms with Gasteiger partial charge >= 0.3 is 17.8 Å². The first-order valence-electron chi connectivity index (χ1n) is 32.9. The average molecular weight is 1240 g/mol. The molecule has 9 heterocycles. The number of likely N-dealkylation sites (tertiary alicyclic amines) is 2. The van der Waals surface area contributed by atoms with Gasteiger partial charge in [-0.15, -0.1) is 0 Å². The highest BCUT2D eigenvalue weighted by Gasteiger charge is 2.51. The van der Waals surface area contributed by atoms with E-state index in [4.69, 9.17) is 28.9 Å². The molecular formula is C68H90F2N10O8Si. The topological polar surface area (TPSA) is 190 Å². The van der Waals surface area contributed by atoms with Gasteiger partial charge in [-0.3, -0.25) is 33.9 Å². The molecule has 21 heteroatoms. The van der Waals surface area contributed by atoms with E-state index < -0.39 is 31.7 Å². The van der Waals surface area contributed by atoms with Crippen molar-refractivity contribution in [3.63, 3.8) is 0 Å². The Labute approximate surface area is 521 Å². The van der Waals surface area contributed by atoms with Crippen molar-refractivity contribution in [2.45, 2.75) is 185 Å². The Kier molecular flexibility index (Phi) is 17.5. The summed E-state index contributed by atoms with van der Waals surface area (Å²) in [6.07, 6.45) is 10.8. The van der Waals surface area contributed by atoms with Gasteiger partial charge in [0.25, 0.3) is 8.32 Å². The minimum absolute atomic E-state index is 0.00911. The lowest BCUT2D eigenvalue weighted by Gasteiger charge is -2.42. The number of piperidine rings is 4. The number of aliphatic hydroxyl groups is 1. The number of amides is 3. The van der Waals surface area contributed by atoms with Gasteiger partial charge in [0, 0.05) is 64.0 Å². The van der Waals surface area contributed by atoms with Crippen molar-refractivity contribution in [3.05, 3.63) is 81.9 Å². The summed E-state index contributed by atoms with van der Waals surface area (Å²) in [6, 6.07) is 12.5. The molecule has 3 aromatic heterocycles. The van der Waals surface area contributed by atoms with Crippen LogP contribution in [-0.2, 0) is 27.8 Å². The predicted molar refractivity (Wildman–Crippen MR) is 343 cm³/mol. The molecule has 2 N–H and O–H groups in total. The first kappa shape index (κ1) is 62.6. The number of carbonyl (C=O) groups is 3. The number of hydrogen-bond donors (Lipinski definition) is 2. The van der Waals surface area contributed by atoms with E-state index in [1.165, 1.54) is 16.2 Å². The number of imidazole rings is 1. The lowest BCUT2D eigenvalue weighted by molar-refractivity contribution is -0.135. The maximum Gasteiger partial charge on any atom is 0.409 e. The van der Waals surface area contributed by atoms with E-state index in [0.29, 0.717) is 96.1 Å². The van der Waals surface area contributed by atoms with Crippen molar-refractivity contribution in [1.82, 2.24) is 44.1 Å². The highest BCUT2D eigenvalue weighted by molar-refractivity contribution is 6.78. The summed E-state index contributed by atoms with van der Waals surface area (Å²) in [5, 5.41) is 15.4. The van der Waals surface area contributed by atoms with Gasteiger partial charge in [-0.2, -0.15) is 9.97 Å². The van der Waals surface area contributed by atoms with Crippen molar-refractivity contribution in [2.75, 3.05) is 70.5 Å². The maximum atomic E-state index is 18.0. The van der Waals surface area contributed by atoms with E-state index in [1.54, 1.807) is 30.8 Å². The highest BCUT2D eigenvalue weighted by atomic mass is 28.4. The number of β-amino-alcohol motifs (C(OH)–C–C–N with tert-alkyl or cyclic N) is 1. The van der Waals surface area contributed by atoms with Gasteiger partial charge in [0.1, 0.15) is 47.9 Å². The van der Waals surface area contributed by atoms with E-state index in [1.807, 2.05) is 34.9 Å². The zero-order valence-corrected chi connectivity index (χ0v) is 54.5. The standard InChI is InChI=1S/C68H90F2N10O8Si/c1-10-50-53(69)15-13-47-33-49(88-89(41(2)3,42(4)5)43(6)7)35-51(58(47)50)60-59(70)61-52(36-71-60)62(78-27-11-24-67(8,85)39-78)74-64(73-61)87-40-68-25-12-28-79(68)48(19-26-68)38-86-66(84)77-31-20-44(21-32-77)37-76-29-22-45(23-30-76)46-14-16-54-56(34-46)75(9)65(83)80(54)55-17-18-57(81)72-63(55)82/h13-16,33-36,41-45,48,55,85H,10-12,17-32,37-40H2,1-9H3,(H,72,81,82)/t48-,55?,67-,68-/m1/s1. The maximum absolute atomic E-state index is 18.0. The number of pyridine rings is 1. The van der Waals surface area contributed by atoms with E-state index in [2.05, 4.69) is 68.8 Å². The highest BCUT2D eigenvalue weighted by Crippen LogP contribution is 2.47. The molecule has 0 aliphatic carbocycles. The monoisotopic (exact) mass is 1240 g/mol. The zero-order chi connectivity index (χ0) is 62.8. The molecule has 0 spiro atoms. The lowest BCUT2D eigenvalue weighted by atomic mass is 9.88. The number of carbonyl (C=O) groups excluding carboxylic acids is 3. The molecule has 6 saturated heterocycles. The zero-order valence-electron chi connectivity index (χ0n) is 53.5. The van der Waals surface area contributed by atoms with E-state index in [-0.39, 0.29) is 95.1 Å². The number of aromatic nitrogens is 5. The molecule has 18 nitrogen and oxygen atoms in total. The van der Waals surface area contributed by atoms with Gasteiger partial charge in [-0.05, 0) is 184 Å². The molecule has 0 saturated carbocycles. The summed E-state index contributed by atoms with van der Waals surface area (Å²) < 4.78 is 57.1. The number of halogens is 2. The molecule has 6 aliphatic heterocycles. The smallest absolute Gasteiger partial charge is 0.409 e. The van der Waals surface area contributed by atoms with E-state index in [0.717, 1.165) is 88.4 Å². The second kappa shape index (κ2) is 24.9. The lowest BCUT2D eigenvalue weighted by Crippen LogP contribution is -2.50. The van der Waals surface area contributed by atoms with Crippen LogP contribution in [0.4, 0.5) is 19.4 Å². The molecule has 3 aromatic carbocycles. The number of hydrogen-bond acceptors (Lipinski definition) is 14. The quantitative estimate of drug-likeness (QED) is 0.0648. The summed E-state index contributed by atoms with van der Waals surface area (Å²) >= 11 is 0. The first-order valence-corrected chi connectivity index (χ1v) is 35.1. The number of rotatable bonds is 17. The number of anilines is 1. The number of imide groups is 1. The van der Waals surface area contributed by atoms with E-state index in [9.17, 15) is 24.3 Å². The van der Waals surface area contributed by atoms with Crippen LogP contribution in [0.1, 0.15) is 156 Å². The molecule has 478 valence electrons. The molecule has 0 radical (unpaired) electrons. The third-order valence-electron chi connectivity index (χ3n) is 21.4.